The Hall–Kier alpha value is -6.90. The first-order chi connectivity index (χ1) is 30.7. The Kier molecular flexibility index (Phi) is 9.91. The van der Waals surface area contributed by atoms with E-state index < -0.39 is 69.5 Å². The number of benzene rings is 8. The second kappa shape index (κ2) is 15.4. The second-order valence-electron chi connectivity index (χ2n) is 15.1. The van der Waals surface area contributed by atoms with Crippen LogP contribution in [-0.2, 0) is 0 Å². The molecule has 0 N–H and O–H groups in total. The average molecular weight is 909 g/mol. The maximum atomic E-state index is 15.8. The van der Waals surface area contributed by atoms with Gasteiger partial charge in [-0.05, 0) is 109 Å². The zero-order chi connectivity index (χ0) is 44.9. The highest BCUT2D eigenvalue weighted by molar-refractivity contribution is 7.26. The third kappa shape index (κ3) is 6.37. The molecule has 0 bridgehead atoms. The number of aryl methyl sites for hydroxylation is 2. The lowest BCUT2D eigenvalue weighted by Crippen LogP contribution is -2.18. The number of hydrogen-bond donors (Lipinski definition) is 0. The first kappa shape index (κ1) is 41.1. The Labute approximate surface area is 365 Å². The van der Waals surface area contributed by atoms with Crippen LogP contribution in [0.4, 0.5) is 78.0 Å². The van der Waals surface area contributed by atoms with Gasteiger partial charge >= 0.3 is 0 Å². The lowest BCUT2D eigenvalue weighted by atomic mass is 9.98. The first-order valence-electron chi connectivity index (χ1n) is 19.4. The van der Waals surface area contributed by atoms with Gasteiger partial charge in [0.2, 0.25) is 11.6 Å². The van der Waals surface area contributed by atoms with Gasteiger partial charge < -0.3 is 9.80 Å². The Morgan fingerprint density at radius 3 is 1.02 bits per heavy atom. The molecule has 0 unspecified atom stereocenters. The Morgan fingerprint density at radius 1 is 0.328 bits per heavy atom. The number of nitrogens with zero attached hydrogens (tertiary/aromatic N) is 2. The van der Waals surface area contributed by atoms with E-state index in [-0.39, 0.29) is 22.7 Å². The van der Waals surface area contributed by atoms with Gasteiger partial charge in [-0.15, -0.1) is 22.7 Å². The van der Waals surface area contributed by atoms with Crippen molar-refractivity contribution in [1.29, 1.82) is 0 Å². The number of hydrogen-bond acceptors (Lipinski definition) is 4. The molecule has 0 amide bonds. The number of anilines is 6. The van der Waals surface area contributed by atoms with E-state index in [0.29, 0.717) is 33.0 Å². The Bertz CT molecular complexity index is 3290. The minimum absolute atomic E-state index is 0.0769. The van der Waals surface area contributed by atoms with Crippen molar-refractivity contribution in [3.63, 3.8) is 0 Å². The SMILES string of the molecule is Cc1cc(-c2ccc(N(c3ccc4sc5ccccc5c4c3)c3c(F)c(F)c(F)c(F)c3F)c(C)c2)ccc1N(c1ccc2sc3ccccc3c2c1)c1c(F)c(F)c(F)c(F)c1F. The summed E-state index contributed by atoms with van der Waals surface area (Å²) in [6.45, 7) is 3.18. The predicted molar refractivity (Wildman–Crippen MR) is 236 cm³/mol. The molecule has 2 heterocycles. The average Bonchev–Trinajstić information content (AvgIpc) is 3.87. The van der Waals surface area contributed by atoms with Crippen molar-refractivity contribution >= 4 is 97.1 Å². The van der Waals surface area contributed by atoms with Crippen LogP contribution in [0, 0.1) is 72.0 Å². The molecule has 0 spiro atoms. The molecule has 2 aromatic heterocycles. The van der Waals surface area contributed by atoms with Gasteiger partial charge in [0.25, 0.3) is 0 Å². The van der Waals surface area contributed by atoms with Crippen LogP contribution in [0.1, 0.15) is 11.1 Å². The van der Waals surface area contributed by atoms with Gasteiger partial charge in [-0.1, -0.05) is 48.5 Å². The predicted octanol–water partition coefficient (Wildman–Crippen LogP) is 17.0. The quantitative estimate of drug-likeness (QED) is 0.0893. The van der Waals surface area contributed by atoms with Crippen molar-refractivity contribution in [1.82, 2.24) is 0 Å². The molecule has 0 saturated heterocycles. The normalized spacial score (nSPS) is 11.8. The van der Waals surface area contributed by atoms with Crippen molar-refractivity contribution in [3.05, 3.63) is 191 Å². The minimum Gasteiger partial charge on any atom is -0.305 e. The lowest BCUT2D eigenvalue weighted by Gasteiger charge is -2.29. The molecular weight excluding hydrogens is 883 g/mol. The topological polar surface area (TPSA) is 6.48 Å². The van der Waals surface area contributed by atoms with Crippen molar-refractivity contribution in [2.75, 3.05) is 9.80 Å². The second-order valence-corrected chi connectivity index (χ2v) is 17.2. The molecule has 8 aromatic carbocycles. The number of thiophene rings is 2. The number of halogens is 10. The lowest BCUT2D eigenvalue weighted by molar-refractivity contribution is 0.380. The van der Waals surface area contributed by atoms with E-state index in [1.54, 1.807) is 62.4 Å². The van der Waals surface area contributed by atoms with Crippen LogP contribution in [0.3, 0.4) is 0 Å². The molecular formula is C50H26F10N2S2. The molecule has 14 heteroatoms. The fraction of sp³-hybridized carbons (Fsp3) is 0.0400. The molecule has 2 nitrogen and oxygen atoms in total. The summed E-state index contributed by atoms with van der Waals surface area (Å²) in [4.78, 5) is 1.95. The van der Waals surface area contributed by atoms with E-state index in [2.05, 4.69) is 0 Å². The van der Waals surface area contributed by atoms with Crippen LogP contribution in [0.2, 0.25) is 0 Å². The Balaban J connectivity index is 1.11. The molecule has 0 saturated carbocycles. The fourth-order valence-corrected chi connectivity index (χ4v) is 10.4. The molecule has 0 aliphatic carbocycles. The van der Waals surface area contributed by atoms with Crippen LogP contribution < -0.4 is 9.80 Å². The molecule has 64 heavy (non-hydrogen) atoms. The van der Waals surface area contributed by atoms with Crippen LogP contribution in [0.5, 0.6) is 0 Å². The summed E-state index contributed by atoms with van der Waals surface area (Å²) < 4.78 is 155. The third-order valence-electron chi connectivity index (χ3n) is 11.3. The van der Waals surface area contributed by atoms with Crippen molar-refractivity contribution in [3.8, 4) is 11.1 Å². The summed E-state index contributed by atoms with van der Waals surface area (Å²) in [5, 5.41) is 3.04. The molecule has 0 atom stereocenters. The smallest absolute Gasteiger partial charge is 0.200 e. The highest BCUT2D eigenvalue weighted by atomic mass is 32.1. The maximum absolute atomic E-state index is 15.8. The van der Waals surface area contributed by atoms with E-state index in [9.17, 15) is 26.3 Å². The van der Waals surface area contributed by atoms with E-state index in [1.807, 2.05) is 48.5 Å². The standard InChI is InChI=1S/C50H26F10N2S2/c1-23-19-25(11-15-33(23)61(49-45(57)41(53)39(51)42(54)46(49)58)27-13-17-37-31(21-27)29-7-3-5-9-35(29)63-37)26-12-16-34(24(2)20-26)62(50-47(59)43(55)40(52)44(56)48(50)60)28-14-18-38-32(22-28)30-8-4-6-10-36(30)64-38/h3-22H,1-2H3. The molecule has 0 radical (unpaired) electrons. The van der Waals surface area contributed by atoms with E-state index in [4.69, 9.17) is 0 Å². The number of fused-ring (bicyclic) bond motifs is 6. The van der Waals surface area contributed by atoms with Gasteiger partial charge in [0.1, 0.15) is 11.4 Å². The zero-order valence-electron chi connectivity index (χ0n) is 33.0. The molecule has 10 rings (SSSR count). The molecule has 0 fully saturated rings. The number of rotatable bonds is 7. The molecule has 0 aliphatic rings. The van der Waals surface area contributed by atoms with E-state index in [0.717, 1.165) is 39.4 Å². The van der Waals surface area contributed by atoms with Crippen LogP contribution in [0.25, 0.3) is 51.5 Å². The summed E-state index contributed by atoms with van der Waals surface area (Å²) in [5.41, 5.74) is -0.310. The van der Waals surface area contributed by atoms with E-state index >= 15 is 17.6 Å². The molecule has 318 valence electrons. The highest BCUT2D eigenvalue weighted by Gasteiger charge is 2.33. The summed E-state index contributed by atoms with van der Waals surface area (Å²) in [6, 6.07) is 33.9. The maximum Gasteiger partial charge on any atom is 0.200 e. The van der Waals surface area contributed by atoms with Crippen LogP contribution in [0.15, 0.2) is 121 Å². The summed E-state index contributed by atoms with van der Waals surface area (Å²) in [6.07, 6.45) is 0. The van der Waals surface area contributed by atoms with Gasteiger partial charge in [0.15, 0.2) is 46.5 Å². The van der Waals surface area contributed by atoms with E-state index in [1.165, 1.54) is 46.9 Å². The van der Waals surface area contributed by atoms with Gasteiger partial charge in [-0.25, -0.2) is 43.9 Å². The molecule has 10 aromatic rings. The van der Waals surface area contributed by atoms with Crippen LogP contribution in [-0.4, -0.2) is 0 Å². The summed E-state index contributed by atoms with van der Waals surface area (Å²) in [5.74, 6) is -21.2. The van der Waals surface area contributed by atoms with Crippen molar-refractivity contribution in [2.45, 2.75) is 13.8 Å². The first-order valence-corrected chi connectivity index (χ1v) is 21.0. The van der Waals surface area contributed by atoms with Crippen molar-refractivity contribution < 1.29 is 43.9 Å². The summed E-state index contributed by atoms with van der Waals surface area (Å²) >= 11 is 2.94. The Morgan fingerprint density at radius 2 is 0.656 bits per heavy atom. The minimum atomic E-state index is -2.30. The molecule has 0 aliphatic heterocycles. The fourth-order valence-electron chi connectivity index (χ4n) is 8.23. The monoisotopic (exact) mass is 908 g/mol. The van der Waals surface area contributed by atoms with Gasteiger partial charge in [-0.3, -0.25) is 0 Å². The van der Waals surface area contributed by atoms with Crippen LogP contribution >= 0.6 is 22.7 Å². The van der Waals surface area contributed by atoms with Gasteiger partial charge in [0.05, 0.1) is 0 Å². The van der Waals surface area contributed by atoms with Gasteiger partial charge in [0, 0.05) is 63.1 Å². The highest BCUT2D eigenvalue weighted by Crippen LogP contribution is 2.47. The third-order valence-corrected chi connectivity index (χ3v) is 13.6. The van der Waals surface area contributed by atoms with Gasteiger partial charge in [-0.2, -0.15) is 0 Å². The van der Waals surface area contributed by atoms with Crippen molar-refractivity contribution in [2.24, 2.45) is 0 Å². The largest absolute Gasteiger partial charge is 0.305 e. The zero-order valence-corrected chi connectivity index (χ0v) is 34.7. The summed E-state index contributed by atoms with van der Waals surface area (Å²) in [7, 11) is 0.